The van der Waals surface area contributed by atoms with Gasteiger partial charge in [-0.15, -0.1) is 0 Å². The molecule has 17 heavy (non-hydrogen) atoms. The lowest BCUT2D eigenvalue weighted by atomic mass is 10.3. The largest absolute Gasteiger partial charge is 0.367 e. The van der Waals surface area contributed by atoms with Crippen molar-refractivity contribution >= 4 is 27.5 Å². The molecule has 1 fully saturated rings. The fourth-order valence-electron chi connectivity index (χ4n) is 1.71. The van der Waals surface area contributed by atoms with Crippen LogP contribution in [0.5, 0.6) is 0 Å². The van der Waals surface area contributed by atoms with Crippen LogP contribution in [0.15, 0.2) is 28.7 Å². The highest BCUT2D eigenvalue weighted by Crippen LogP contribution is 2.20. The number of para-hydroxylation sites is 1. The van der Waals surface area contributed by atoms with Gasteiger partial charge in [0.15, 0.2) is 0 Å². The van der Waals surface area contributed by atoms with Gasteiger partial charge in [0.05, 0.1) is 11.8 Å². The summed E-state index contributed by atoms with van der Waals surface area (Å²) in [6.07, 6.45) is 1.14. The van der Waals surface area contributed by atoms with Crippen molar-refractivity contribution in [2.45, 2.75) is 12.5 Å². The van der Waals surface area contributed by atoms with E-state index >= 15 is 0 Å². The van der Waals surface area contributed by atoms with Gasteiger partial charge in [-0.2, -0.15) is 0 Å². The Bertz CT molecular complexity index is 392. The molecular formula is C12H15BrN2O2. The molecule has 0 aromatic heterocycles. The smallest absolute Gasteiger partial charge is 0.250 e. The number of carbonyl (C=O) groups is 1. The van der Waals surface area contributed by atoms with Gasteiger partial charge >= 0.3 is 0 Å². The predicted molar refractivity (Wildman–Crippen MR) is 70.0 cm³/mol. The van der Waals surface area contributed by atoms with Crippen molar-refractivity contribution in [3.05, 3.63) is 28.7 Å². The fourth-order valence-corrected chi connectivity index (χ4v) is 2.10. The maximum Gasteiger partial charge on any atom is 0.250 e. The van der Waals surface area contributed by atoms with Gasteiger partial charge < -0.3 is 15.4 Å². The maximum absolute atomic E-state index is 11.6. The molecule has 2 rings (SSSR count). The number of halogens is 1. The number of anilines is 1. The van der Waals surface area contributed by atoms with Crippen molar-refractivity contribution in [2.75, 3.05) is 25.0 Å². The zero-order valence-corrected chi connectivity index (χ0v) is 11.0. The van der Waals surface area contributed by atoms with Crippen LogP contribution < -0.4 is 10.6 Å². The van der Waals surface area contributed by atoms with Crippen LogP contribution in [0, 0.1) is 0 Å². The van der Waals surface area contributed by atoms with Gasteiger partial charge in [-0.25, -0.2) is 0 Å². The number of benzene rings is 1. The van der Waals surface area contributed by atoms with E-state index in [0.717, 1.165) is 29.7 Å². The van der Waals surface area contributed by atoms with Crippen LogP contribution in [0.2, 0.25) is 0 Å². The van der Waals surface area contributed by atoms with Crippen LogP contribution in [-0.2, 0) is 9.53 Å². The monoisotopic (exact) mass is 298 g/mol. The minimum atomic E-state index is -0.121. The number of carbonyl (C=O) groups excluding carboxylic acids is 1. The zero-order chi connectivity index (χ0) is 12.1. The van der Waals surface area contributed by atoms with E-state index in [0.29, 0.717) is 0 Å². The molecule has 1 unspecified atom stereocenters. The second-order valence-corrected chi connectivity index (χ2v) is 4.81. The Kier molecular flexibility index (Phi) is 4.53. The first-order valence-corrected chi connectivity index (χ1v) is 6.41. The van der Waals surface area contributed by atoms with Crippen molar-refractivity contribution in [2.24, 2.45) is 0 Å². The Morgan fingerprint density at radius 3 is 3.06 bits per heavy atom. The highest BCUT2D eigenvalue weighted by atomic mass is 79.9. The first-order chi connectivity index (χ1) is 8.25. The molecule has 1 aromatic carbocycles. The summed E-state index contributed by atoms with van der Waals surface area (Å²) in [7, 11) is 0. The van der Waals surface area contributed by atoms with Gasteiger partial charge in [-0.3, -0.25) is 4.79 Å². The molecule has 0 saturated carbocycles. The second kappa shape index (κ2) is 6.14. The third-order valence-corrected chi connectivity index (χ3v) is 3.30. The van der Waals surface area contributed by atoms with E-state index in [2.05, 4.69) is 26.6 Å². The summed E-state index contributed by atoms with van der Waals surface area (Å²) in [4.78, 5) is 11.6. The highest BCUT2D eigenvalue weighted by molar-refractivity contribution is 9.10. The average molecular weight is 299 g/mol. The molecule has 0 spiro atoms. The van der Waals surface area contributed by atoms with Crippen LogP contribution in [0.1, 0.15) is 6.42 Å². The number of rotatable bonds is 4. The molecule has 1 heterocycles. The van der Waals surface area contributed by atoms with E-state index in [1.807, 2.05) is 24.3 Å². The molecule has 0 bridgehead atoms. The van der Waals surface area contributed by atoms with Gasteiger partial charge in [-0.1, -0.05) is 12.1 Å². The molecule has 1 aromatic rings. The summed E-state index contributed by atoms with van der Waals surface area (Å²) in [5.74, 6) is -0.121. The van der Waals surface area contributed by atoms with Gasteiger partial charge in [0, 0.05) is 11.0 Å². The van der Waals surface area contributed by atoms with Crippen LogP contribution in [0.25, 0.3) is 0 Å². The van der Waals surface area contributed by atoms with Crippen molar-refractivity contribution in [1.82, 2.24) is 5.32 Å². The van der Waals surface area contributed by atoms with Crippen molar-refractivity contribution in [1.29, 1.82) is 0 Å². The zero-order valence-electron chi connectivity index (χ0n) is 9.41. The molecule has 92 valence electrons. The van der Waals surface area contributed by atoms with E-state index in [-0.39, 0.29) is 18.6 Å². The summed E-state index contributed by atoms with van der Waals surface area (Å²) in [6.45, 7) is 1.91. The minimum absolute atomic E-state index is 0.105. The van der Waals surface area contributed by atoms with Crippen LogP contribution in [-0.4, -0.2) is 31.7 Å². The summed E-state index contributed by atoms with van der Waals surface area (Å²) < 4.78 is 6.36. The molecule has 0 aliphatic carbocycles. The maximum atomic E-state index is 11.6. The van der Waals surface area contributed by atoms with Gasteiger partial charge in [0.25, 0.3) is 0 Å². The van der Waals surface area contributed by atoms with E-state index < -0.39 is 0 Å². The molecule has 2 N–H and O–H groups in total. The van der Waals surface area contributed by atoms with Crippen LogP contribution in [0.4, 0.5) is 5.69 Å². The molecule has 1 aliphatic rings. The SMILES string of the molecule is O=C(COC1CCNC1)Nc1ccccc1Br. The predicted octanol–water partition coefficient (Wildman–Crippen LogP) is 1.77. The molecule has 1 aliphatic heterocycles. The topological polar surface area (TPSA) is 50.4 Å². The highest BCUT2D eigenvalue weighted by Gasteiger charge is 2.16. The lowest BCUT2D eigenvalue weighted by molar-refractivity contribution is -0.122. The van der Waals surface area contributed by atoms with Crippen molar-refractivity contribution in [3.8, 4) is 0 Å². The number of nitrogens with one attached hydrogen (secondary N) is 2. The summed E-state index contributed by atoms with van der Waals surface area (Å²) in [5, 5.41) is 5.99. The first-order valence-electron chi connectivity index (χ1n) is 5.62. The van der Waals surface area contributed by atoms with E-state index in [1.165, 1.54) is 0 Å². The summed E-state index contributed by atoms with van der Waals surface area (Å²) in [6, 6.07) is 7.51. The molecule has 4 nitrogen and oxygen atoms in total. The number of hydrogen-bond acceptors (Lipinski definition) is 3. The Morgan fingerprint density at radius 2 is 2.35 bits per heavy atom. The molecule has 1 amide bonds. The van der Waals surface area contributed by atoms with Crippen molar-refractivity contribution < 1.29 is 9.53 Å². The molecule has 1 saturated heterocycles. The summed E-state index contributed by atoms with van der Waals surface area (Å²) in [5.41, 5.74) is 0.769. The lowest BCUT2D eigenvalue weighted by Crippen LogP contribution is -2.24. The second-order valence-electron chi connectivity index (χ2n) is 3.95. The normalized spacial score (nSPS) is 19.2. The lowest BCUT2D eigenvalue weighted by Gasteiger charge is -2.11. The van der Waals surface area contributed by atoms with Crippen molar-refractivity contribution in [3.63, 3.8) is 0 Å². The number of hydrogen-bond donors (Lipinski definition) is 2. The average Bonchev–Trinajstić information content (AvgIpc) is 2.82. The van der Waals surface area contributed by atoms with Gasteiger partial charge in [0.1, 0.15) is 6.61 Å². The number of amides is 1. The Labute approximate surface area is 109 Å². The third kappa shape index (κ3) is 3.80. The minimum Gasteiger partial charge on any atom is -0.367 e. The Hall–Kier alpha value is -0.910. The molecule has 1 atom stereocenters. The van der Waals surface area contributed by atoms with Gasteiger partial charge in [-0.05, 0) is 41.0 Å². The quantitative estimate of drug-likeness (QED) is 0.891. The standard InChI is InChI=1S/C12H15BrN2O2/c13-10-3-1-2-4-11(10)15-12(16)8-17-9-5-6-14-7-9/h1-4,9,14H,5-8H2,(H,15,16). The molecule has 5 heteroatoms. The van der Waals surface area contributed by atoms with Crippen LogP contribution in [0.3, 0.4) is 0 Å². The first kappa shape index (κ1) is 12.5. The molecule has 0 radical (unpaired) electrons. The van der Waals surface area contributed by atoms with E-state index in [1.54, 1.807) is 0 Å². The Morgan fingerprint density at radius 1 is 1.53 bits per heavy atom. The Balaban J connectivity index is 1.79. The number of ether oxygens (including phenoxy) is 1. The van der Waals surface area contributed by atoms with E-state index in [4.69, 9.17) is 4.74 Å². The van der Waals surface area contributed by atoms with E-state index in [9.17, 15) is 4.79 Å². The third-order valence-electron chi connectivity index (χ3n) is 2.61. The van der Waals surface area contributed by atoms with Crippen LogP contribution >= 0.6 is 15.9 Å². The summed E-state index contributed by atoms with van der Waals surface area (Å²) >= 11 is 3.38. The van der Waals surface area contributed by atoms with Gasteiger partial charge in [0.2, 0.25) is 5.91 Å². The molecular weight excluding hydrogens is 284 g/mol. The fraction of sp³-hybridized carbons (Fsp3) is 0.417.